The number of carbonyl (C=O) groups is 1. The lowest BCUT2D eigenvalue weighted by atomic mass is 10.0. The van der Waals surface area contributed by atoms with Crippen LogP contribution in [0.2, 0.25) is 0 Å². The molecule has 1 N–H and O–H groups in total. The molecule has 6 heteroatoms. The summed E-state index contributed by atoms with van der Waals surface area (Å²) in [5.74, 6) is 3.12. The van der Waals surface area contributed by atoms with Gasteiger partial charge < -0.3 is 19.7 Å². The van der Waals surface area contributed by atoms with Crippen LogP contribution in [0.4, 0.5) is 0 Å². The van der Waals surface area contributed by atoms with E-state index < -0.39 is 0 Å². The lowest BCUT2D eigenvalue weighted by Crippen LogP contribution is -2.38. The van der Waals surface area contributed by atoms with Crippen LogP contribution < -0.4 is 14.8 Å². The molecule has 0 spiro atoms. The number of hydrogen-bond acceptors (Lipinski definition) is 5. The highest BCUT2D eigenvalue weighted by Gasteiger charge is 2.33. The zero-order chi connectivity index (χ0) is 20.1. The van der Waals surface area contributed by atoms with Crippen molar-refractivity contribution in [2.24, 2.45) is 0 Å². The molecule has 0 aromatic heterocycles. The van der Waals surface area contributed by atoms with Crippen LogP contribution in [0.5, 0.6) is 17.2 Å². The predicted octanol–water partition coefficient (Wildman–Crippen LogP) is 4.59. The van der Waals surface area contributed by atoms with Gasteiger partial charge in [0.05, 0.1) is 12.9 Å². The molecule has 2 aliphatic rings. The number of piperidine rings is 1. The Bertz CT molecular complexity index is 821. The van der Waals surface area contributed by atoms with Gasteiger partial charge in [-0.1, -0.05) is 18.6 Å². The van der Waals surface area contributed by atoms with E-state index in [0.717, 1.165) is 42.3 Å². The van der Waals surface area contributed by atoms with Gasteiger partial charge in [-0.3, -0.25) is 4.79 Å². The van der Waals surface area contributed by atoms with Crippen molar-refractivity contribution in [3.63, 3.8) is 0 Å². The van der Waals surface area contributed by atoms with Crippen molar-refractivity contribution in [3.8, 4) is 17.2 Å². The lowest BCUT2D eigenvalue weighted by Gasteiger charge is -2.29. The molecule has 1 amide bonds. The van der Waals surface area contributed by atoms with E-state index >= 15 is 0 Å². The monoisotopic (exact) mass is 412 g/mol. The van der Waals surface area contributed by atoms with Crippen LogP contribution in [0.25, 0.3) is 0 Å². The molecule has 2 aliphatic heterocycles. The standard InChI is InChI=1S/C23H28N2O3S/c1-27-19-8-10-20(11-9-19)28-21-7-4-5-17(15-21)23-25(22(26)16-29-23)14-12-18-6-2-3-13-24-18/h4-5,7-11,15,18,23-24H,2-3,6,12-14,16H2,1H3. The maximum atomic E-state index is 12.5. The number of ether oxygens (including phenoxy) is 2. The molecule has 0 bridgehead atoms. The fraction of sp³-hybridized carbons (Fsp3) is 0.435. The zero-order valence-electron chi connectivity index (χ0n) is 16.8. The number of nitrogens with one attached hydrogen (secondary N) is 1. The molecule has 29 heavy (non-hydrogen) atoms. The average Bonchev–Trinajstić information content (AvgIpc) is 3.14. The van der Waals surface area contributed by atoms with Gasteiger partial charge in [0.15, 0.2) is 0 Å². The number of thioether (sulfide) groups is 1. The summed E-state index contributed by atoms with van der Waals surface area (Å²) in [6.07, 6.45) is 4.78. The van der Waals surface area contributed by atoms with E-state index in [-0.39, 0.29) is 11.3 Å². The highest BCUT2D eigenvalue weighted by molar-refractivity contribution is 8.00. The summed E-state index contributed by atoms with van der Waals surface area (Å²) in [6.45, 7) is 1.90. The number of nitrogens with zero attached hydrogens (tertiary/aromatic N) is 1. The van der Waals surface area contributed by atoms with Crippen LogP contribution in [-0.2, 0) is 4.79 Å². The molecule has 2 saturated heterocycles. The Balaban J connectivity index is 1.43. The lowest BCUT2D eigenvalue weighted by molar-refractivity contribution is -0.128. The minimum Gasteiger partial charge on any atom is -0.497 e. The highest BCUT2D eigenvalue weighted by atomic mass is 32.2. The molecular weight excluding hydrogens is 384 g/mol. The molecule has 2 unspecified atom stereocenters. The van der Waals surface area contributed by atoms with E-state index in [1.54, 1.807) is 18.9 Å². The number of methoxy groups -OCH3 is 1. The van der Waals surface area contributed by atoms with Crippen LogP contribution >= 0.6 is 11.8 Å². The largest absolute Gasteiger partial charge is 0.497 e. The van der Waals surface area contributed by atoms with Crippen molar-refractivity contribution in [3.05, 3.63) is 54.1 Å². The summed E-state index contributed by atoms with van der Waals surface area (Å²) in [5.41, 5.74) is 1.11. The van der Waals surface area contributed by atoms with Crippen LogP contribution in [0.15, 0.2) is 48.5 Å². The second-order valence-corrected chi connectivity index (χ2v) is 8.60. The van der Waals surface area contributed by atoms with Gasteiger partial charge in [0, 0.05) is 12.6 Å². The van der Waals surface area contributed by atoms with Gasteiger partial charge in [-0.05, 0) is 67.8 Å². The summed E-state index contributed by atoms with van der Waals surface area (Å²) in [5, 5.41) is 3.64. The van der Waals surface area contributed by atoms with E-state index in [4.69, 9.17) is 9.47 Å². The van der Waals surface area contributed by atoms with E-state index in [9.17, 15) is 4.79 Å². The molecule has 4 rings (SSSR count). The number of amides is 1. The number of rotatable bonds is 7. The maximum Gasteiger partial charge on any atom is 0.233 e. The average molecular weight is 413 g/mol. The molecule has 2 atom stereocenters. The number of hydrogen-bond donors (Lipinski definition) is 1. The smallest absolute Gasteiger partial charge is 0.233 e. The van der Waals surface area contributed by atoms with Gasteiger partial charge in [-0.15, -0.1) is 11.8 Å². The normalized spacial score (nSPS) is 22.0. The van der Waals surface area contributed by atoms with Crippen molar-refractivity contribution < 1.29 is 14.3 Å². The first-order valence-corrected chi connectivity index (χ1v) is 11.3. The Morgan fingerprint density at radius 2 is 1.93 bits per heavy atom. The molecule has 2 fully saturated rings. The van der Waals surface area contributed by atoms with E-state index in [2.05, 4.69) is 11.4 Å². The van der Waals surface area contributed by atoms with Crippen molar-refractivity contribution in [2.45, 2.75) is 37.1 Å². The van der Waals surface area contributed by atoms with E-state index in [1.165, 1.54) is 19.3 Å². The summed E-state index contributed by atoms with van der Waals surface area (Å²) < 4.78 is 11.2. The summed E-state index contributed by atoms with van der Waals surface area (Å²) in [7, 11) is 1.65. The van der Waals surface area contributed by atoms with Gasteiger partial charge in [0.2, 0.25) is 5.91 Å². The van der Waals surface area contributed by atoms with Gasteiger partial charge >= 0.3 is 0 Å². The van der Waals surface area contributed by atoms with Crippen LogP contribution in [0.1, 0.15) is 36.6 Å². The first kappa shape index (κ1) is 20.1. The molecule has 5 nitrogen and oxygen atoms in total. The fourth-order valence-corrected chi connectivity index (χ4v) is 5.16. The van der Waals surface area contributed by atoms with Crippen LogP contribution in [0.3, 0.4) is 0 Å². The third-order valence-corrected chi connectivity index (χ3v) is 6.79. The Hall–Kier alpha value is -2.18. The summed E-state index contributed by atoms with van der Waals surface area (Å²) in [6, 6.07) is 16.2. The third-order valence-electron chi connectivity index (χ3n) is 5.54. The molecule has 0 saturated carbocycles. The van der Waals surface area contributed by atoms with Crippen molar-refractivity contribution in [2.75, 3.05) is 26.0 Å². The number of benzene rings is 2. The van der Waals surface area contributed by atoms with E-state index in [1.807, 2.05) is 47.4 Å². The first-order chi connectivity index (χ1) is 14.2. The number of carbonyl (C=O) groups excluding carboxylic acids is 1. The van der Waals surface area contributed by atoms with Crippen molar-refractivity contribution in [1.29, 1.82) is 0 Å². The van der Waals surface area contributed by atoms with Gasteiger partial charge in [0.1, 0.15) is 22.6 Å². The van der Waals surface area contributed by atoms with Crippen LogP contribution in [0, 0.1) is 0 Å². The molecular formula is C23H28N2O3S. The first-order valence-electron chi connectivity index (χ1n) is 10.3. The Morgan fingerprint density at radius 1 is 1.10 bits per heavy atom. The topological polar surface area (TPSA) is 50.8 Å². The fourth-order valence-electron chi connectivity index (χ4n) is 3.95. The van der Waals surface area contributed by atoms with E-state index in [0.29, 0.717) is 11.8 Å². The van der Waals surface area contributed by atoms with Crippen molar-refractivity contribution in [1.82, 2.24) is 10.2 Å². The quantitative estimate of drug-likeness (QED) is 0.721. The maximum absolute atomic E-state index is 12.5. The molecule has 2 heterocycles. The van der Waals surface area contributed by atoms with Gasteiger partial charge in [-0.2, -0.15) is 0 Å². The summed E-state index contributed by atoms with van der Waals surface area (Å²) in [4.78, 5) is 14.5. The second kappa shape index (κ2) is 9.55. The zero-order valence-corrected chi connectivity index (χ0v) is 17.6. The minimum absolute atomic E-state index is 0.0607. The molecule has 2 aromatic rings. The second-order valence-electron chi connectivity index (χ2n) is 7.54. The SMILES string of the molecule is COc1ccc(Oc2cccc(C3SCC(=O)N3CCC3CCCCN3)c2)cc1. The molecule has 0 aliphatic carbocycles. The highest BCUT2D eigenvalue weighted by Crippen LogP contribution is 2.40. The van der Waals surface area contributed by atoms with Gasteiger partial charge in [-0.25, -0.2) is 0 Å². The predicted molar refractivity (Wildman–Crippen MR) is 117 cm³/mol. The Morgan fingerprint density at radius 3 is 2.69 bits per heavy atom. The molecule has 154 valence electrons. The Kier molecular flexibility index (Phi) is 6.62. The van der Waals surface area contributed by atoms with Gasteiger partial charge in [0.25, 0.3) is 0 Å². The Labute approximate surface area is 176 Å². The summed E-state index contributed by atoms with van der Waals surface area (Å²) >= 11 is 1.70. The third kappa shape index (κ3) is 5.06. The van der Waals surface area contributed by atoms with Crippen LogP contribution in [-0.4, -0.2) is 42.8 Å². The molecule has 0 radical (unpaired) electrons. The minimum atomic E-state index is 0.0607. The van der Waals surface area contributed by atoms with Crippen molar-refractivity contribution >= 4 is 17.7 Å². The molecule has 2 aromatic carbocycles.